The first-order chi connectivity index (χ1) is 25.5. The second-order valence-corrected chi connectivity index (χ2v) is 17.2. The largest absolute Gasteiger partial charge is 0.459 e. The van der Waals surface area contributed by atoms with Crippen molar-refractivity contribution in [2.45, 2.75) is 179 Å². The number of nitrogens with zero attached hydrogens (tertiary/aromatic N) is 1. The van der Waals surface area contributed by atoms with Crippen molar-refractivity contribution < 1.29 is 62.8 Å². The second-order valence-electron chi connectivity index (χ2n) is 17.2. The predicted octanol–water partition coefficient (Wildman–Crippen LogP) is 3.65. The molecule has 14 heteroatoms. The monoisotopic (exact) mass is 788 g/mol. The summed E-state index contributed by atoms with van der Waals surface area (Å²) in [5.74, 6) is -4.40. The minimum atomic E-state index is -1.96. The first-order valence-corrected chi connectivity index (χ1v) is 20.0. The van der Waals surface area contributed by atoms with Crippen LogP contribution in [0.5, 0.6) is 0 Å². The lowest BCUT2D eigenvalue weighted by Crippen LogP contribution is -2.61. The highest BCUT2D eigenvalue weighted by molar-refractivity contribution is 5.83. The maximum atomic E-state index is 14.3. The van der Waals surface area contributed by atoms with Crippen LogP contribution in [0.4, 0.5) is 0 Å². The van der Waals surface area contributed by atoms with Crippen molar-refractivity contribution in [1.29, 1.82) is 0 Å². The van der Waals surface area contributed by atoms with E-state index < -0.39 is 102 Å². The van der Waals surface area contributed by atoms with E-state index in [1.807, 2.05) is 53.6 Å². The van der Waals surface area contributed by atoms with Crippen molar-refractivity contribution in [2.75, 3.05) is 34.9 Å². The smallest absolute Gasteiger partial charge is 0.311 e. The summed E-state index contributed by atoms with van der Waals surface area (Å²) in [6.45, 7) is 21.6. The van der Waals surface area contributed by atoms with Crippen LogP contribution in [0.3, 0.4) is 0 Å². The fraction of sp³-hybridized carbons (Fsp3) is 0.902. The predicted molar refractivity (Wildman–Crippen MR) is 205 cm³/mol. The van der Waals surface area contributed by atoms with E-state index >= 15 is 0 Å². The number of methoxy groups -OCH3 is 2. The topological polar surface area (TPSA) is 172 Å². The molecule has 3 N–H and O–H groups in total. The van der Waals surface area contributed by atoms with Crippen LogP contribution in [0.15, 0.2) is 12.7 Å². The van der Waals surface area contributed by atoms with Crippen molar-refractivity contribution in [3.63, 3.8) is 0 Å². The summed E-state index contributed by atoms with van der Waals surface area (Å²) in [7, 11) is 6.90. The molecule has 0 spiro atoms. The zero-order valence-corrected chi connectivity index (χ0v) is 35.9. The summed E-state index contributed by atoms with van der Waals surface area (Å²) in [5.41, 5.74) is -4.05. The summed E-state index contributed by atoms with van der Waals surface area (Å²) in [6.07, 6.45) is -6.12. The first kappa shape index (κ1) is 47.8. The van der Waals surface area contributed by atoms with Gasteiger partial charge in [-0.2, -0.15) is 0 Å². The van der Waals surface area contributed by atoms with Crippen molar-refractivity contribution in [1.82, 2.24) is 4.90 Å². The number of Topliss-reactive ketones (excluding diaryl/α,β-unsaturated/α-hetero) is 1. The van der Waals surface area contributed by atoms with E-state index in [1.54, 1.807) is 40.9 Å². The number of rotatable bonds is 11. The Morgan fingerprint density at radius 1 is 0.909 bits per heavy atom. The molecular weight excluding hydrogens is 714 g/mol. The van der Waals surface area contributed by atoms with Gasteiger partial charge < -0.3 is 58.1 Å². The minimum absolute atomic E-state index is 0.121. The molecule has 3 fully saturated rings. The number of hydrogen-bond acceptors (Lipinski definition) is 14. The number of cyclic esters (lactones) is 1. The van der Waals surface area contributed by atoms with E-state index in [1.165, 1.54) is 14.0 Å². The van der Waals surface area contributed by atoms with Gasteiger partial charge in [-0.15, -0.1) is 6.58 Å². The van der Waals surface area contributed by atoms with Crippen LogP contribution in [0, 0.1) is 23.7 Å². The molecule has 3 saturated heterocycles. The molecule has 0 aromatic carbocycles. The van der Waals surface area contributed by atoms with Gasteiger partial charge in [0.15, 0.2) is 12.6 Å². The van der Waals surface area contributed by atoms with E-state index in [0.717, 1.165) is 0 Å². The molecular formula is C41H73NO13. The average molecular weight is 788 g/mol. The minimum Gasteiger partial charge on any atom is -0.459 e. The molecule has 3 aliphatic heterocycles. The Balaban J connectivity index is 2.22. The number of hydrogen-bond donors (Lipinski definition) is 3. The third-order valence-corrected chi connectivity index (χ3v) is 12.6. The molecule has 0 radical (unpaired) electrons. The van der Waals surface area contributed by atoms with Gasteiger partial charge >= 0.3 is 5.97 Å². The van der Waals surface area contributed by atoms with Crippen LogP contribution in [0.2, 0.25) is 0 Å². The molecule has 18 atom stereocenters. The molecule has 0 aromatic heterocycles. The molecule has 0 bridgehead atoms. The van der Waals surface area contributed by atoms with Gasteiger partial charge in [-0.3, -0.25) is 9.59 Å². The molecule has 14 nitrogen and oxygen atoms in total. The van der Waals surface area contributed by atoms with Crippen molar-refractivity contribution in [2.24, 2.45) is 23.7 Å². The lowest BCUT2D eigenvalue weighted by Gasteiger charge is -2.50. The standard InChI is InChI=1S/C41H73NO13/c1-16-18-50-36-27(8)52-30(21-40(36,10)49-15)54-33-25(6)35(55-38-32(44)28(42(12)13)19-23(4)51-38)39(9,48-14)20-22(3)31(43)24(5)34(45)41(11,47)29(17-2)53-37(46)26(33)7/h16,22-30,32-36,38,44-45,47H,1,17-21H2,2-15H3/t22-,23-,24+,25+,26-,27+,28+,29-,30+,32-,33+,34?,35-,36+,38+,39-,40-,41-/m1/s1. The van der Waals surface area contributed by atoms with Crippen molar-refractivity contribution >= 4 is 11.8 Å². The maximum Gasteiger partial charge on any atom is 0.311 e. The lowest BCUT2D eigenvalue weighted by atomic mass is 9.74. The van der Waals surface area contributed by atoms with E-state index in [2.05, 4.69) is 6.58 Å². The summed E-state index contributed by atoms with van der Waals surface area (Å²) < 4.78 is 50.9. The molecule has 3 rings (SSSR count). The van der Waals surface area contributed by atoms with E-state index in [-0.39, 0.29) is 37.2 Å². The Hall–Kier alpha value is -1.56. The maximum absolute atomic E-state index is 14.3. The number of carbonyl (C=O) groups excluding carboxylic acids is 2. The summed E-state index contributed by atoms with van der Waals surface area (Å²) in [4.78, 5) is 30.3. The summed E-state index contributed by atoms with van der Waals surface area (Å²) in [6, 6.07) is -0.279. The zero-order chi connectivity index (χ0) is 41.8. The SMILES string of the molecule is C=CCO[C@H]1[C@H](C)O[C@@H](O[C@H]2[C@H](C)[C@@H](O[C@@H]3O[C@H](C)C[C@H](N(C)C)[C@H]3O)[C@](C)(OC)C[C@@H](C)C(=O)[C@H](C)C(O)[C@](C)(O)[C@@H](CC)OC(=O)[C@@H]2C)C[C@@]1(C)OC. The Morgan fingerprint density at radius 3 is 2.05 bits per heavy atom. The second kappa shape index (κ2) is 19.5. The van der Waals surface area contributed by atoms with E-state index in [9.17, 15) is 24.9 Å². The number of ketones is 1. The molecule has 3 heterocycles. The lowest BCUT2D eigenvalue weighted by molar-refractivity contribution is -0.321. The Bertz CT molecular complexity index is 1270. The van der Waals surface area contributed by atoms with E-state index in [0.29, 0.717) is 13.0 Å². The van der Waals surface area contributed by atoms with E-state index in [4.69, 9.17) is 37.9 Å². The Kier molecular flexibility index (Phi) is 16.9. The number of aliphatic hydroxyl groups is 3. The fourth-order valence-electron chi connectivity index (χ4n) is 9.06. The molecule has 0 aromatic rings. The van der Waals surface area contributed by atoms with Gasteiger partial charge in [0.1, 0.15) is 29.7 Å². The number of ether oxygens (including phenoxy) is 8. The van der Waals surface area contributed by atoms with Crippen molar-refractivity contribution in [3.8, 4) is 0 Å². The molecule has 3 aliphatic rings. The summed E-state index contributed by atoms with van der Waals surface area (Å²) >= 11 is 0. The molecule has 320 valence electrons. The molecule has 0 aliphatic carbocycles. The third-order valence-electron chi connectivity index (χ3n) is 12.6. The van der Waals surface area contributed by atoms with Gasteiger partial charge in [0.25, 0.3) is 0 Å². The van der Waals surface area contributed by atoms with Crippen LogP contribution in [-0.4, -0.2) is 151 Å². The Labute approximate surface area is 329 Å². The van der Waals surface area contributed by atoms with Crippen LogP contribution in [-0.2, 0) is 47.5 Å². The molecule has 55 heavy (non-hydrogen) atoms. The normalized spacial score (nSPS) is 46.9. The number of aliphatic hydroxyl groups excluding tert-OH is 2. The van der Waals surface area contributed by atoms with Crippen LogP contribution in [0.1, 0.15) is 94.9 Å². The highest BCUT2D eigenvalue weighted by Crippen LogP contribution is 2.42. The van der Waals surface area contributed by atoms with Gasteiger partial charge in [-0.25, -0.2) is 0 Å². The molecule has 0 saturated carbocycles. The number of likely N-dealkylation sites (N-methyl/N-ethyl adjacent to an activating group) is 1. The van der Waals surface area contributed by atoms with Crippen LogP contribution in [0.25, 0.3) is 0 Å². The van der Waals surface area contributed by atoms with Gasteiger partial charge in [0.2, 0.25) is 0 Å². The molecule has 0 amide bonds. The zero-order valence-electron chi connectivity index (χ0n) is 35.9. The van der Waals surface area contributed by atoms with Gasteiger partial charge in [0, 0.05) is 44.4 Å². The summed E-state index contributed by atoms with van der Waals surface area (Å²) in [5, 5.41) is 34.8. The molecule has 1 unspecified atom stereocenters. The average Bonchev–Trinajstić information content (AvgIpc) is 3.13. The number of esters is 1. The third kappa shape index (κ3) is 10.6. The highest BCUT2D eigenvalue weighted by Gasteiger charge is 2.54. The van der Waals surface area contributed by atoms with Crippen molar-refractivity contribution in [3.05, 3.63) is 12.7 Å². The van der Waals surface area contributed by atoms with Gasteiger partial charge in [0.05, 0.1) is 54.2 Å². The fourth-order valence-corrected chi connectivity index (χ4v) is 9.06. The van der Waals surface area contributed by atoms with Gasteiger partial charge in [-0.05, 0) is 74.9 Å². The van der Waals surface area contributed by atoms with Gasteiger partial charge in [-0.1, -0.05) is 33.8 Å². The first-order valence-electron chi connectivity index (χ1n) is 20.0. The Morgan fingerprint density at radius 2 is 1.51 bits per heavy atom. The highest BCUT2D eigenvalue weighted by atomic mass is 16.7. The van der Waals surface area contributed by atoms with Crippen LogP contribution < -0.4 is 0 Å². The number of carbonyl (C=O) groups is 2. The van der Waals surface area contributed by atoms with Crippen LogP contribution >= 0.6 is 0 Å². The quantitative estimate of drug-likeness (QED) is 0.205.